The van der Waals surface area contributed by atoms with Crippen LogP contribution in [-0.2, 0) is 11.3 Å². The minimum absolute atomic E-state index is 0.134. The molecule has 5 heteroatoms. The predicted octanol–water partition coefficient (Wildman–Crippen LogP) is 2.21. The third kappa shape index (κ3) is 2.77. The minimum atomic E-state index is -0.363. The van der Waals surface area contributed by atoms with Gasteiger partial charge in [-0.05, 0) is 37.4 Å². The van der Waals surface area contributed by atoms with Gasteiger partial charge in [0, 0.05) is 18.7 Å². The molecule has 0 aromatic heterocycles. The molecule has 0 N–H and O–H groups in total. The van der Waals surface area contributed by atoms with Crippen LogP contribution in [0.25, 0.3) is 0 Å². The molecule has 0 radical (unpaired) electrons. The highest BCUT2D eigenvalue weighted by molar-refractivity contribution is 5.33. The van der Waals surface area contributed by atoms with Gasteiger partial charge in [0.25, 0.3) is 5.69 Å². The smallest absolute Gasteiger partial charge is 0.269 e. The Labute approximate surface area is 112 Å². The van der Waals surface area contributed by atoms with Crippen molar-refractivity contribution in [3.8, 4) is 0 Å². The van der Waals surface area contributed by atoms with Gasteiger partial charge in [-0.15, -0.1) is 0 Å². The fourth-order valence-corrected chi connectivity index (χ4v) is 3.06. The highest BCUT2D eigenvalue weighted by atomic mass is 16.6. The van der Waals surface area contributed by atoms with Crippen LogP contribution in [0.1, 0.15) is 18.4 Å². The van der Waals surface area contributed by atoms with Crippen LogP contribution in [0.15, 0.2) is 24.3 Å². The Hall–Kier alpha value is -1.46. The number of nitrogens with zero attached hydrogens (tertiary/aromatic N) is 2. The Morgan fingerprint density at radius 3 is 2.79 bits per heavy atom. The van der Waals surface area contributed by atoms with Gasteiger partial charge in [0.1, 0.15) is 0 Å². The first-order valence-corrected chi connectivity index (χ1v) is 6.79. The average Bonchev–Trinajstić information content (AvgIpc) is 2.47. The molecular formula is C14H18N2O3. The normalized spacial score (nSPS) is 29.4. The van der Waals surface area contributed by atoms with Gasteiger partial charge in [-0.3, -0.25) is 10.1 Å². The van der Waals surface area contributed by atoms with Crippen molar-refractivity contribution in [2.45, 2.75) is 25.6 Å². The van der Waals surface area contributed by atoms with Gasteiger partial charge in [0.05, 0.1) is 17.6 Å². The van der Waals surface area contributed by atoms with Crippen molar-refractivity contribution in [3.05, 3.63) is 39.9 Å². The predicted molar refractivity (Wildman–Crippen MR) is 70.8 cm³/mol. The lowest BCUT2D eigenvalue weighted by atomic mass is 9.86. The van der Waals surface area contributed by atoms with Gasteiger partial charge in [-0.1, -0.05) is 12.1 Å². The Morgan fingerprint density at radius 2 is 2.16 bits per heavy atom. The molecule has 3 aliphatic rings. The summed E-state index contributed by atoms with van der Waals surface area (Å²) in [5.41, 5.74) is 1.01. The number of hydrogen-bond acceptors (Lipinski definition) is 4. The third-order valence-electron chi connectivity index (χ3n) is 4.18. The molecule has 4 rings (SSSR count). The summed E-state index contributed by atoms with van der Waals surface area (Å²) in [5, 5.41) is 10.7. The molecule has 3 aliphatic heterocycles. The number of benzene rings is 1. The average molecular weight is 262 g/mol. The van der Waals surface area contributed by atoms with Crippen LogP contribution in [0.4, 0.5) is 5.69 Å². The molecule has 1 aromatic carbocycles. The second kappa shape index (κ2) is 5.27. The van der Waals surface area contributed by atoms with Gasteiger partial charge in [0.15, 0.2) is 0 Å². The topological polar surface area (TPSA) is 55.6 Å². The van der Waals surface area contributed by atoms with E-state index in [4.69, 9.17) is 4.74 Å². The van der Waals surface area contributed by atoms with Crippen molar-refractivity contribution in [2.24, 2.45) is 5.92 Å². The zero-order chi connectivity index (χ0) is 13.2. The maximum Gasteiger partial charge on any atom is 0.269 e. The van der Waals surface area contributed by atoms with E-state index in [-0.39, 0.29) is 10.6 Å². The largest absolute Gasteiger partial charge is 0.372 e. The van der Waals surface area contributed by atoms with Crippen molar-refractivity contribution in [1.29, 1.82) is 0 Å². The van der Waals surface area contributed by atoms with E-state index < -0.39 is 0 Å². The summed E-state index contributed by atoms with van der Waals surface area (Å²) in [6, 6.07) is 6.71. The molecule has 0 aliphatic carbocycles. The van der Waals surface area contributed by atoms with Crippen molar-refractivity contribution >= 4 is 5.69 Å². The fraction of sp³-hybridized carbons (Fsp3) is 0.571. The molecule has 19 heavy (non-hydrogen) atoms. The Bertz CT molecular complexity index is 470. The quantitative estimate of drug-likeness (QED) is 0.616. The molecule has 5 nitrogen and oxygen atoms in total. The second-order valence-electron chi connectivity index (χ2n) is 5.41. The number of fused-ring (bicyclic) bond motifs is 3. The van der Waals surface area contributed by atoms with Crippen LogP contribution in [0.3, 0.4) is 0 Å². The minimum Gasteiger partial charge on any atom is -0.372 e. The molecule has 0 amide bonds. The molecule has 1 unspecified atom stereocenters. The number of hydrogen-bond donors (Lipinski definition) is 0. The summed E-state index contributed by atoms with van der Waals surface area (Å²) < 4.78 is 5.97. The van der Waals surface area contributed by atoms with E-state index in [0.717, 1.165) is 12.1 Å². The molecule has 3 fully saturated rings. The highest BCUT2D eigenvalue weighted by Crippen LogP contribution is 2.30. The summed E-state index contributed by atoms with van der Waals surface area (Å²) in [5.74, 6) is 0.670. The number of piperidine rings is 3. The van der Waals surface area contributed by atoms with E-state index in [0.29, 0.717) is 18.6 Å². The van der Waals surface area contributed by atoms with Gasteiger partial charge in [-0.25, -0.2) is 0 Å². The summed E-state index contributed by atoms with van der Waals surface area (Å²) in [6.07, 6.45) is 2.74. The van der Waals surface area contributed by atoms with Crippen LogP contribution in [0.2, 0.25) is 0 Å². The highest BCUT2D eigenvalue weighted by Gasteiger charge is 2.34. The van der Waals surface area contributed by atoms with Crippen LogP contribution in [0, 0.1) is 16.0 Å². The molecule has 0 saturated carbocycles. The lowest BCUT2D eigenvalue weighted by Crippen LogP contribution is -2.51. The van der Waals surface area contributed by atoms with E-state index >= 15 is 0 Å². The van der Waals surface area contributed by atoms with Gasteiger partial charge >= 0.3 is 0 Å². The number of nitro benzene ring substituents is 1. The Balaban J connectivity index is 1.60. The zero-order valence-electron chi connectivity index (χ0n) is 10.8. The maximum absolute atomic E-state index is 10.7. The van der Waals surface area contributed by atoms with Gasteiger partial charge < -0.3 is 9.64 Å². The van der Waals surface area contributed by atoms with E-state index in [1.54, 1.807) is 12.1 Å². The Kier molecular flexibility index (Phi) is 3.48. The first kappa shape index (κ1) is 12.6. The van der Waals surface area contributed by atoms with E-state index in [1.165, 1.54) is 32.0 Å². The first-order chi connectivity index (χ1) is 9.22. The van der Waals surface area contributed by atoms with Crippen LogP contribution in [0.5, 0.6) is 0 Å². The standard InChI is InChI=1S/C14H18N2O3/c17-16(18)13-3-1-2-11(8-13)10-19-14-9-15-6-4-12(14)5-7-15/h1-3,8,12,14H,4-7,9-10H2. The van der Waals surface area contributed by atoms with Gasteiger partial charge in [0.2, 0.25) is 0 Å². The zero-order valence-corrected chi connectivity index (χ0v) is 10.8. The molecular weight excluding hydrogens is 244 g/mol. The number of rotatable bonds is 4. The summed E-state index contributed by atoms with van der Waals surface area (Å²) in [6.45, 7) is 3.87. The number of nitro groups is 1. The molecule has 2 bridgehead atoms. The van der Waals surface area contributed by atoms with Crippen LogP contribution >= 0.6 is 0 Å². The van der Waals surface area contributed by atoms with Gasteiger partial charge in [-0.2, -0.15) is 0 Å². The molecule has 102 valence electrons. The molecule has 3 saturated heterocycles. The Morgan fingerprint density at radius 1 is 1.37 bits per heavy atom. The first-order valence-electron chi connectivity index (χ1n) is 6.79. The fourth-order valence-electron chi connectivity index (χ4n) is 3.06. The number of ether oxygens (including phenoxy) is 1. The SMILES string of the molecule is O=[N+]([O-])c1cccc(COC2CN3CCC2CC3)c1. The lowest BCUT2D eigenvalue weighted by molar-refractivity contribution is -0.385. The van der Waals surface area contributed by atoms with E-state index in [9.17, 15) is 10.1 Å². The molecule has 1 aromatic rings. The molecule has 1 atom stereocenters. The summed E-state index contributed by atoms with van der Waals surface area (Å²) in [4.78, 5) is 12.8. The summed E-state index contributed by atoms with van der Waals surface area (Å²) >= 11 is 0. The maximum atomic E-state index is 10.7. The van der Waals surface area contributed by atoms with Crippen molar-refractivity contribution in [1.82, 2.24) is 4.90 Å². The lowest BCUT2D eigenvalue weighted by Gasteiger charge is -2.44. The monoisotopic (exact) mass is 262 g/mol. The molecule has 3 heterocycles. The van der Waals surface area contributed by atoms with E-state index in [2.05, 4.69) is 4.90 Å². The van der Waals surface area contributed by atoms with Crippen LogP contribution in [-0.4, -0.2) is 35.6 Å². The number of non-ortho nitro benzene ring substituents is 1. The van der Waals surface area contributed by atoms with E-state index in [1.807, 2.05) is 6.07 Å². The molecule has 0 spiro atoms. The second-order valence-corrected chi connectivity index (χ2v) is 5.41. The third-order valence-corrected chi connectivity index (χ3v) is 4.18. The summed E-state index contributed by atoms with van der Waals surface area (Å²) in [7, 11) is 0. The van der Waals surface area contributed by atoms with Crippen molar-refractivity contribution in [3.63, 3.8) is 0 Å². The van der Waals surface area contributed by atoms with Crippen molar-refractivity contribution in [2.75, 3.05) is 19.6 Å². The van der Waals surface area contributed by atoms with Crippen molar-refractivity contribution < 1.29 is 9.66 Å². The van der Waals surface area contributed by atoms with Crippen LogP contribution < -0.4 is 0 Å².